The molecule has 0 spiro atoms. The second kappa shape index (κ2) is 8.86. The number of amides is 2. The molecule has 1 fully saturated rings. The van der Waals surface area contributed by atoms with Crippen molar-refractivity contribution in [3.05, 3.63) is 35.5 Å². The van der Waals surface area contributed by atoms with E-state index in [9.17, 15) is 22.8 Å². The third kappa shape index (κ3) is 4.66. The monoisotopic (exact) mass is 490 g/mol. The summed E-state index contributed by atoms with van der Waals surface area (Å²) in [6.45, 7) is 0.755. The Bertz CT molecular complexity index is 1260. The molecule has 3 N–H and O–H groups in total. The molecule has 1 saturated carbocycles. The first-order valence-electron chi connectivity index (χ1n) is 11.4. The fourth-order valence-corrected chi connectivity index (χ4v) is 4.74. The van der Waals surface area contributed by atoms with Crippen LogP contribution in [0.25, 0.3) is 11.0 Å². The van der Waals surface area contributed by atoms with Gasteiger partial charge in [0, 0.05) is 62.5 Å². The zero-order valence-corrected chi connectivity index (χ0v) is 19.0. The number of fused-ring (bicyclic) bond motifs is 2. The number of carbonyl (C=O) groups excluding carboxylic acids is 2. The fraction of sp³-hybridized carbons (Fsp3) is 0.500. The van der Waals surface area contributed by atoms with Gasteiger partial charge < -0.3 is 20.5 Å². The molecule has 0 radical (unpaired) electrons. The highest BCUT2D eigenvalue weighted by Crippen LogP contribution is 2.31. The number of anilines is 1. The number of aromatic nitrogens is 5. The van der Waals surface area contributed by atoms with Crippen LogP contribution in [0.4, 0.5) is 19.0 Å². The average Bonchev–Trinajstić information content (AvgIpc) is 3.39. The zero-order valence-electron chi connectivity index (χ0n) is 19.0. The molecule has 3 aromatic rings. The summed E-state index contributed by atoms with van der Waals surface area (Å²) in [4.78, 5) is 38.9. The topological polar surface area (TPSA) is 121 Å². The third-order valence-electron chi connectivity index (χ3n) is 6.64. The summed E-state index contributed by atoms with van der Waals surface area (Å²) in [5.74, 6) is -0.343. The normalized spacial score (nSPS) is 19.8. The minimum atomic E-state index is -4.30. The molecule has 5 rings (SSSR count). The van der Waals surface area contributed by atoms with Crippen molar-refractivity contribution in [2.24, 2.45) is 13.0 Å². The van der Waals surface area contributed by atoms with Gasteiger partial charge in [0.25, 0.3) is 5.91 Å². The summed E-state index contributed by atoms with van der Waals surface area (Å²) >= 11 is 0. The Morgan fingerprint density at radius 3 is 2.83 bits per heavy atom. The van der Waals surface area contributed by atoms with Crippen molar-refractivity contribution in [3.63, 3.8) is 0 Å². The van der Waals surface area contributed by atoms with Crippen LogP contribution in [0.15, 0.2) is 18.6 Å². The number of aryl methyl sites for hydroxylation is 1. The van der Waals surface area contributed by atoms with Gasteiger partial charge in [0.1, 0.15) is 17.8 Å². The first-order chi connectivity index (χ1) is 16.7. The molecule has 35 heavy (non-hydrogen) atoms. The van der Waals surface area contributed by atoms with E-state index >= 15 is 0 Å². The maximum absolute atomic E-state index is 13.0. The Hall–Kier alpha value is -3.64. The maximum atomic E-state index is 13.0. The number of alkyl halides is 3. The van der Waals surface area contributed by atoms with E-state index in [-0.39, 0.29) is 11.9 Å². The highest BCUT2D eigenvalue weighted by atomic mass is 19.4. The first kappa shape index (κ1) is 23.1. The van der Waals surface area contributed by atoms with Crippen LogP contribution in [-0.2, 0) is 24.8 Å². The minimum Gasteiger partial charge on any atom is -0.356 e. The Morgan fingerprint density at radius 1 is 1.26 bits per heavy atom. The summed E-state index contributed by atoms with van der Waals surface area (Å²) in [7, 11) is 1.81. The quantitative estimate of drug-likeness (QED) is 0.485. The van der Waals surface area contributed by atoms with E-state index in [0.29, 0.717) is 31.5 Å². The summed E-state index contributed by atoms with van der Waals surface area (Å²) in [5, 5.41) is 10.6. The average molecular weight is 490 g/mol. The van der Waals surface area contributed by atoms with Gasteiger partial charge in [-0.1, -0.05) is 0 Å². The van der Waals surface area contributed by atoms with E-state index < -0.39 is 31.0 Å². The van der Waals surface area contributed by atoms with Gasteiger partial charge in [0.2, 0.25) is 5.91 Å². The maximum Gasteiger partial charge on any atom is 0.390 e. The largest absolute Gasteiger partial charge is 0.390 e. The van der Waals surface area contributed by atoms with Crippen molar-refractivity contribution in [2.45, 2.75) is 44.4 Å². The second-order valence-electron chi connectivity index (χ2n) is 9.00. The Balaban J connectivity index is 1.21. The Kier molecular flexibility index (Phi) is 5.85. The molecule has 1 aliphatic carbocycles. The summed E-state index contributed by atoms with van der Waals surface area (Å²) in [5.41, 5.74) is 2.90. The number of aromatic amines is 1. The molecule has 4 heterocycles. The van der Waals surface area contributed by atoms with Gasteiger partial charge in [0.15, 0.2) is 5.69 Å². The Labute approximate surface area is 198 Å². The van der Waals surface area contributed by atoms with E-state index in [1.54, 1.807) is 4.68 Å². The standard InChI is InChI=1S/C22H25F3N8O2/c1-32-16-3-7-33(19-14-2-5-26-18(14)28-11-29-19)10-15(16)17(31-32)21(35)30-13-8-12(9-13)20(34)27-6-4-22(23,24)25/h2,5,11-13H,3-4,6-10H2,1H3,(H,27,34)(H,30,35)(H,26,28,29)/t12-,13-. The minimum absolute atomic E-state index is 0.223. The van der Waals surface area contributed by atoms with Crippen LogP contribution in [-0.4, -0.2) is 61.9 Å². The van der Waals surface area contributed by atoms with Crippen molar-refractivity contribution in [2.75, 3.05) is 18.0 Å². The number of hydrogen-bond acceptors (Lipinski definition) is 6. The lowest BCUT2D eigenvalue weighted by atomic mass is 9.79. The fourth-order valence-electron chi connectivity index (χ4n) is 4.74. The highest BCUT2D eigenvalue weighted by Gasteiger charge is 2.37. The second-order valence-corrected chi connectivity index (χ2v) is 9.00. The molecule has 186 valence electrons. The molecule has 0 bridgehead atoms. The van der Waals surface area contributed by atoms with Gasteiger partial charge in [0.05, 0.1) is 11.8 Å². The molecule has 2 aliphatic rings. The van der Waals surface area contributed by atoms with E-state index in [1.165, 1.54) is 6.33 Å². The number of nitrogens with zero attached hydrogens (tertiary/aromatic N) is 5. The van der Waals surface area contributed by atoms with Gasteiger partial charge in [-0.3, -0.25) is 14.3 Å². The summed E-state index contributed by atoms with van der Waals surface area (Å²) in [6, 6.07) is 1.70. The number of rotatable bonds is 6. The van der Waals surface area contributed by atoms with Gasteiger partial charge in [-0.15, -0.1) is 0 Å². The molecule has 0 unspecified atom stereocenters. The van der Waals surface area contributed by atoms with E-state index in [4.69, 9.17) is 0 Å². The van der Waals surface area contributed by atoms with Crippen molar-refractivity contribution in [1.29, 1.82) is 0 Å². The molecular formula is C22H25F3N8O2. The molecule has 0 aromatic carbocycles. The van der Waals surface area contributed by atoms with Crippen LogP contribution in [0.5, 0.6) is 0 Å². The van der Waals surface area contributed by atoms with Gasteiger partial charge >= 0.3 is 6.18 Å². The lowest BCUT2D eigenvalue weighted by Crippen LogP contribution is -2.50. The molecule has 3 aromatic heterocycles. The van der Waals surface area contributed by atoms with E-state index in [1.807, 2.05) is 19.3 Å². The van der Waals surface area contributed by atoms with Gasteiger partial charge in [-0.2, -0.15) is 18.3 Å². The predicted molar refractivity (Wildman–Crippen MR) is 120 cm³/mol. The number of H-pyrrole nitrogens is 1. The predicted octanol–water partition coefficient (Wildman–Crippen LogP) is 1.83. The van der Waals surface area contributed by atoms with Crippen LogP contribution >= 0.6 is 0 Å². The SMILES string of the molecule is Cn1nc(C(=O)N[C@H]2C[C@H](C(=O)NCCC(F)(F)F)C2)c2c1CCN(c1ncnc3[nH]ccc13)C2. The smallest absolute Gasteiger partial charge is 0.356 e. The Morgan fingerprint density at radius 2 is 2.06 bits per heavy atom. The molecule has 2 amide bonds. The van der Waals surface area contributed by atoms with Crippen LogP contribution < -0.4 is 15.5 Å². The van der Waals surface area contributed by atoms with Crippen LogP contribution in [0, 0.1) is 5.92 Å². The van der Waals surface area contributed by atoms with E-state index in [2.05, 4.69) is 35.6 Å². The summed E-state index contributed by atoms with van der Waals surface area (Å²) in [6.07, 6.45) is -0.573. The van der Waals surface area contributed by atoms with Crippen molar-refractivity contribution >= 4 is 28.7 Å². The van der Waals surface area contributed by atoms with Crippen LogP contribution in [0.2, 0.25) is 0 Å². The van der Waals surface area contributed by atoms with Gasteiger partial charge in [-0.05, 0) is 18.9 Å². The van der Waals surface area contributed by atoms with Crippen LogP contribution in [0.3, 0.4) is 0 Å². The van der Waals surface area contributed by atoms with E-state index in [0.717, 1.165) is 34.7 Å². The first-order valence-corrected chi connectivity index (χ1v) is 11.4. The van der Waals surface area contributed by atoms with Crippen molar-refractivity contribution in [3.8, 4) is 0 Å². The number of nitrogens with one attached hydrogen (secondary N) is 3. The lowest BCUT2D eigenvalue weighted by Gasteiger charge is -2.34. The van der Waals surface area contributed by atoms with Crippen molar-refractivity contribution < 1.29 is 22.8 Å². The molecule has 10 nitrogen and oxygen atoms in total. The number of hydrogen-bond donors (Lipinski definition) is 3. The molecular weight excluding hydrogens is 465 g/mol. The molecule has 0 atom stereocenters. The number of halogens is 3. The summed E-state index contributed by atoms with van der Waals surface area (Å²) < 4.78 is 38.5. The van der Waals surface area contributed by atoms with Gasteiger partial charge in [-0.25, -0.2) is 9.97 Å². The zero-order chi connectivity index (χ0) is 24.7. The molecule has 1 aliphatic heterocycles. The lowest BCUT2D eigenvalue weighted by molar-refractivity contribution is -0.137. The van der Waals surface area contributed by atoms with Crippen LogP contribution in [0.1, 0.15) is 41.0 Å². The van der Waals surface area contributed by atoms with Crippen molar-refractivity contribution in [1.82, 2.24) is 35.4 Å². The highest BCUT2D eigenvalue weighted by molar-refractivity contribution is 5.95. The number of carbonyl (C=O) groups is 2. The molecule has 13 heteroatoms. The third-order valence-corrected chi connectivity index (χ3v) is 6.64. The molecule has 0 saturated heterocycles.